The molecule has 5 rings (SSSR count). The molecule has 0 fully saturated rings. The van der Waals surface area contributed by atoms with Crippen LogP contribution >= 0.6 is 11.3 Å². The van der Waals surface area contributed by atoms with E-state index in [2.05, 4.69) is 10.3 Å². The van der Waals surface area contributed by atoms with Crippen LogP contribution in [0.4, 0.5) is 10.1 Å². The normalized spacial score (nSPS) is 11.0. The first-order valence-corrected chi connectivity index (χ1v) is 10.7. The Bertz CT molecular complexity index is 1410. The molecule has 2 heterocycles. The Morgan fingerprint density at radius 2 is 1.84 bits per heavy atom. The van der Waals surface area contributed by atoms with Gasteiger partial charge in [-0.2, -0.15) is 5.10 Å². The molecule has 0 aliphatic rings. The number of carboxylic acids is 1. The van der Waals surface area contributed by atoms with Crippen molar-refractivity contribution in [2.75, 3.05) is 5.32 Å². The summed E-state index contributed by atoms with van der Waals surface area (Å²) in [4.78, 5) is 15.5. The van der Waals surface area contributed by atoms with E-state index in [4.69, 9.17) is 5.10 Å². The summed E-state index contributed by atoms with van der Waals surface area (Å²) in [5.74, 6) is -1.34. The number of carboxylic acid groups (broad SMARTS) is 1. The van der Waals surface area contributed by atoms with Crippen molar-refractivity contribution in [3.8, 4) is 16.4 Å². The van der Waals surface area contributed by atoms with Gasteiger partial charge in [0.2, 0.25) is 5.13 Å². The molecule has 8 heteroatoms. The summed E-state index contributed by atoms with van der Waals surface area (Å²) in [5.41, 5.74) is 4.35. The molecule has 32 heavy (non-hydrogen) atoms. The molecule has 6 nitrogen and oxygen atoms in total. The molecule has 0 aliphatic heterocycles. The van der Waals surface area contributed by atoms with Crippen molar-refractivity contribution in [1.82, 2.24) is 14.8 Å². The molecule has 158 valence electrons. The monoisotopic (exact) mass is 444 g/mol. The van der Waals surface area contributed by atoms with Gasteiger partial charge in [-0.25, -0.2) is 18.9 Å². The molecule has 0 saturated carbocycles. The molecule has 3 aromatic carbocycles. The minimum atomic E-state index is -1.08. The molecule has 0 unspecified atom stereocenters. The molecule has 2 N–H and O–H groups in total. The van der Waals surface area contributed by atoms with E-state index in [0.29, 0.717) is 11.7 Å². The highest BCUT2D eigenvalue weighted by molar-refractivity contribution is 7.12. The average molecular weight is 444 g/mol. The van der Waals surface area contributed by atoms with Crippen molar-refractivity contribution >= 4 is 33.9 Å². The lowest BCUT2D eigenvalue weighted by Gasteiger charge is -2.07. The second kappa shape index (κ2) is 8.24. The zero-order valence-corrected chi connectivity index (χ0v) is 17.5. The molecular formula is C24H17FN4O2S. The number of thiazole rings is 1. The minimum Gasteiger partial charge on any atom is -0.476 e. The third kappa shape index (κ3) is 3.83. The van der Waals surface area contributed by atoms with Crippen molar-refractivity contribution in [3.05, 3.63) is 95.3 Å². The van der Waals surface area contributed by atoms with Gasteiger partial charge in [-0.3, -0.25) is 0 Å². The fraction of sp³-hybridized carbons (Fsp3) is 0.0417. The topological polar surface area (TPSA) is 80.0 Å². The van der Waals surface area contributed by atoms with E-state index >= 15 is 0 Å². The highest BCUT2D eigenvalue weighted by Crippen LogP contribution is 2.32. The number of halogens is 1. The Kier molecular flexibility index (Phi) is 5.12. The van der Waals surface area contributed by atoms with Crippen molar-refractivity contribution in [3.63, 3.8) is 0 Å². The van der Waals surface area contributed by atoms with Gasteiger partial charge in [-0.05, 0) is 35.9 Å². The number of hydrogen-bond acceptors (Lipinski definition) is 5. The Labute approximate surface area is 186 Å². The Morgan fingerprint density at radius 3 is 2.56 bits per heavy atom. The lowest BCUT2D eigenvalue weighted by Crippen LogP contribution is -2.01. The third-order valence-corrected chi connectivity index (χ3v) is 5.85. The van der Waals surface area contributed by atoms with Gasteiger partial charge in [0.25, 0.3) is 0 Å². The van der Waals surface area contributed by atoms with Crippen LogP contribution in [-0.4, -0.2) is 25.8 Å². The van der Waals surface area contributed by atoms with Gasteiger partial charge in [0.05, 0.1) is 5.52 Å². The van der Waals surface area contributed by atoms with Crippen molar-refractivity contribution in [2.45, 2.75) is 6.54 Å². The van der Waals surface area contributed by atoms with E-state index in [0.717, 1.165) is 33.4 Å². The van der Waals surface area contributed by atoms with Crippen LogP contribution in [0.3, 0.4) is 0 Å². The van der Waals surface area contributed by atoms with Crippen molar-refractivity contribution < 1.29 is 14.3 Å². The lowest BCUT2D eigenvalue weighted by molar-refractivity contribution is 0.0691. The Balaban J connectivity index is 1.57. The number of nitrogens with zero attached hydrogens (tertiary/aromatic N) is 3. The number of benzene rings is 3. The number of rotatable bonds is 6. The minimum absolute atomic E-state index is 0.0134. The molecule has 0 amide bonds. The molecule has 0 atom stereocenters. The van der Waals surface area contributed by atoms with Crippen LogP contribution < -0.4 is 5.32 Å². The summed E-state index contributed by atoms with van der Waals surface area (Å²) in [6.07, 6.45) is 0. The fourth-order valence-corrected chi connectivity index (χ4v) is 4.21. The molecule has 0 radical (unpaired) electrons. The van der Waals surface area contributed by atoms with Crippen molar-refractivity contribution in [1.29, 1.82) is 0 Å². The van der Waals surface area contributed by atoms with E-state index < -0.39 is 5.97 Å². The second-order valence-corrected chi connectivity index (χ2v) is 8.00. The number of carbonyl (C=O) groups is 1. The van der Waals surface area contributed by atoms with Crippen LogP contribution in [0.5, 0.6) is 0 Å². The van der Waals surface area contributed by atoms with Crippen LogP contribution in [0.25, 0.3) is 27.3 Å². The van der Waals surface area contributed by atoms with E-state index in [1.165, 1.54) is 28.8 Å². The molecule has 0 bridgehead atoms. The summed E-state index contributed by atoms with van der Waals surface area (Å²) in [5, 5.41) is 20.3. The van der Waals surface area contributed by atoms with Gasteiger partial charge in [-0.1, -0.05) is 42.5 Å². The van der Waals surface area contributed by atoms with Gasteiger partial charge in [0.1, 0.15) is 11.5 Å². The van der Waals surface area contributed by atoms with E-state index in [1.807, 2.05) is 48.5 Å². The van der Waals surface area contributed by atoms with E-state index in [-0.39, 0.29) is 11.5 Å². The summed E-state index contributed by atoms with van der Waals surface area (Å²) in [6, 6.07) is 22.1. The first kappa shape index (κ1) is 19.9. The smallest absolute Gasteiger partial charge is 0.355 e. The van der Waals surface area contributed by atoms with E-state index in [1.54, 1.807) is 16.8 Å². The zero-order chi connectivity index (χ0) is 22.1. The van der Waals surface area contributed by atoms with Gasteiger partial charge < -0.3 is 10.4 Å². The van der Waals surface area contributed by atoms with Crippen LogP contribution in [-0.2, 0) is 6.54 Å². The first-order chi connectivity index (χ1) is 15.6. The largest absolute Gasteiger partial charge is 0.476 e. The summed E-state index contributed by atoms with van der Waals surface area (Å²) < 4.78 is 14.8. The van der Waals surface area contributed by atoms with Crippen LogP contribution in [0.15, 0.2) is 78.2 Å². The second-order valence-electron chi connectivity index (χ2n) is 7.16. The van der Waals surface area contributed by atoms with Crippen LogP contribution in [0.2, 0.25) is 0 Å². The first-order valence-electron chi connectivity index (χ1n) is 9.84. The maximum Gasteiger partial charge on any atom is 0.355 e. The number of aromatic nitrogens is 3. The molecule has 0 aliphatic carbocycles. The quantitative estimate of drug-likeness (QED) is 0.356. The molecular weight excluding hydrogens is 427 g/mol. The van der Waals surface area contributed by atoms with Crippen LogP contribution in [0, 0.1) is 5.82 Å². The standard InChI is InChI=1S/C24H17FN4O2S/c25-17-8-6-15(7-9-17)13-26-18-10-11-19-21(12-18)29(24-27-20(14-32-24)23(30)31)28-22(19)16-4-2-1-3-5-16/h1-12,14,26H,13H2,(H,30,31). The number of hydrogen-bond donors (Lipinski definition) is 2. The number of aromatic carboxylic acids is 1. The number of nitrogens with one attached hydrogen (secondary N) is 1. The predicted octanol–water partition coefficient (Wildman–Crippen LogP) is 5.60. The summed E-state index contributed by atoms with van der Waals surface area (Å²) in [6.45, 7) is 0.534. The van der Waals surface area contributed by atoms with Gasteiger partial charge >= 0.3 is 5.97 Å². The molecule has 2 aromatic heterocycles. The van der Waals surface area contributed by atoms with Gasteiger partial charge in [-0.15, -0.1) is 11.3 Å². The highest BCUT2D eigenvalue weighted by atomic mass is 32.1. The van der Waals surface area contributed by atoms with E-state index in [9.17, 15) is 14.3 Å². The molecule has 0 spiro atoms. The fourth-order valence-electron chi connectivity index (χ4n) is 3.45. The SMILES string of the molecule is O=C(O)c1csc(-n2nc(-c3ccccc3)c3ccc(NCc4ccc(F)cc4)cc32)n1. The van der Waals surface area contributed by atoms with Crippen LogP contribution in [0.1, 0.15) is 16.1 Å². The lowest BCUT2D eigenvalue weighted by atomic mass is 10.1. The average Bonchev–Trinajstić information content (AvgIpc) is 3.44. The van der Waals surface area contributed by atoms with Gasteiger partial charge in [0, 0.05) is 28.6 Å². The predicted molar refractivity (Wildman–Crippen MR) is 123 cm³/mol. The number of anilines is 1. The molecule has 0 saturated heterocycles. The summed E-state index contributed by atoms with van der Waals surface area (Å²) >= 11 is 1.22. The van der Waals surface area contributed by atoms with Crippen molar-refractivity contribution in [2.24, 2.45) is 0 Å². The number of fused-ring (bicyclic) bond motifs is 1. The molecule has 5 aromatic rings. The Morgan fingerprint density at radius 1 is 1.06 bits per heavy atom. The maximum absolute atomic E-state index is 13.2. The summed E-state index contributed by atoms with van der Waals surface area (Å²) in [7, 11) is 0. The zero-order valence-electron chi connectivity index (χ0n) is 16.7. The van der Waals surface area contributed by atoms with Gasteiger partial charge in [0.15, 0.2) is 5.69 Å². The Hall–Kier alpha value is -4.04. The highest BCUT2D eigenvalue weighted by Gasteiger charge is 2.17. The maximum atomic E-state index is 13.2. The third-order valence-electron chi connectivity index (χ3n) is 5.03.